The summed E-state index contributed by atoms with van der Waals surface area (Å²) in [7, 11) is 0. The van der Waals surface area contributed by atoms with Gasteiger partial charge in [0.1, 0.15) is 5.82 Å². The molecule has 1 N–H and O–H groups in total. The molecule has 1 atom stereocenters. The van der Waals surface area contributed by atoms with Gasteiger partial charge in [0.25, 0.3) is 0 Å². The third kappa shape index (κ3) is 2.50. The lowest BCUT2D eigenvalue weighted by atomic mass is 10.1. The highest BCUT2D eigenvalue weighted by Crippen LogP contribution is 2.26. The molecule has 0 aliphatic heterocycles. The van der Waals surface area contributed by atoms with E-state index in [9.17, 15) is 4.39 Å². The molecule has 1 aromatic carbocycles. The first-order chi connectivity index (χ1) is 7.69. The zero-order chi connectivity index (χ0) is 11.5. The number of aromatic nitrogens is 1. The number of nitrogens with zero attached hydrogens (tertiary/aromatic N) is 1. The van der Waals surface area contributed by atoms with Crippen molar-refractivity contribution in [3.05, 3.63) is 24.0 Å². The van der Waals surface area contributed by atoms with Crippen LogP contribution in [0, 0.1) is 11.7 Å². The van der Waals surface area contributed by atoms with Crippen LogP contribution in [-0.4, -0.2) is 11.5 Å². The first-order valence-corrected chi connectivity index (χ1v) is 6.30. The number of thiazole rings is 1. The summed E-state index contributed by atoms with van der Waals surface area (Å²) in [6, 6.07) is 4.69. The lowest BCUT2D eigenvalue weighted by Crippen LogP contribution is -2.09. The molecule has 0 fully saturated rings. The summed E-state index contributed by atoms with van der Waals surface area (Å²) >= 11 is 1.50. The van der Waals surface area contributed by atoms with Gasteiger partial charge >= 0.3 is 0 Å². The molecule has 1 aromatic heterocycles. The van der Waals surface area contributed by atoms with E-state index < -0.39 is 0 Å². The number of fused-ring (bicyclic) bond motifs is 1. The fourth-order valence-electron chi connectivity index (χ4n) is 1.38. The van der Waals surface area contributed by atoms with E-state index in [1.807, 2.05) is 0 Å². The van der Waals surface area contributed by atoms with Crippen LogP contribution in [0.2, 0.25) is 0 Å². The molecule has 4 heteroatoms. The normalized spacial score (nSPS) is 12.9. The van der Waals surface area contributed by atoms with E-state index in [0.29, 0.717) is 5.92 Å². The Kier molecular flexibility index (Phi) is 3.39. The average molecular weight is 238 g/mol. The van der Waals surface area contributed by atoms with Gasteiger partial charge in [0.2, 0.25) is 0 Å². The molecule has 0 spiro atoms. The van der Waals surface area contributed by atoms with Crippen molar-refractivity contribution in [2.75, 3.05) is 11.9 Å². The molecule has 2 rings (SSSR count). The SMILES string of the molecule is CCC(C)CNc1nc2ccc(F)cc2s1. The minimum absolute atomic E-state index is 0.204. The number of halogens is 1. The summed E-state index contributed by atoms with van der Waals surface area (Å²) in [5.41, 5.74) is 0.859. The second-order valence-corrected chi connectivity index (χ2v) is 5.06. The number of nitrogens with one attached hydrogen (secondary N) is 1. The molecule has 0 aliphatic carbocycles. The molecule has 0 saturated heterocycles. The smallest absolute Gasteiger partial charge is 0.183 e. The molecular weight excluding hydrogens is 223 g/mol. The molecule has 16 heavy (non-hydrogen) atoms. The number of benzene rings is 1. The maximum atomic E-state index is 13.0. The Morgan fingerprint density at radius 2 is 2.31 bits per heavy atom. The van der Waals surface area contributed by atoms with E-state index in [1.165, 1.54) is 23.5 Å². The Labute approximate surface area is 98.5 Å². The first-order valence-electron chi connectivity index (χ1n) is 5.49. The lowest BCUT2D eigenvalue weighted by Gasteiger charge is -2.07. The Bertz CT molecular complexity index is 481. The fourth-order valence-corrected chi connectivity index (χ4v) is 2.28. The summed E-state index contributed by atoms with van der Waals surface area (Å²) in [6.45, 7) is 5.28. The van der Waals surface area contributed by atoms with Crippen LogP contribution in [0.1, 0.15) is 20.3 Å². The number of hydrogen-bond donors (Lipinski definition) is 1. The van der Waals surface area contributed by atoms with Crippen molar-refractivity contribution >= 4 is 26.7 Å². The van der Waals surface area contributed by atoms with Crippen molar-refractivity contribution in [1.82, 2.24) is 4.98 Å². The first kappa shape index (κ1) is 11.3. The van der Waals surface area contributed by atoms with Gasteiger partial charge in [-0.3, -0.25) is 0 Å². The molecule has 0 radical (unpaired) electrons. The van der Waals surface area contributed by atoms with Crippen LogP contribution in [0.25, 0.3) is 10.2 Å². The monoisotopic (exact) mass is 238 g/mol. The van der Waals surface area contributed by atoms with Crippen LogP contribution >= 0.6 is 11.3 Å². The molecule has 1 unspecified atom stereocenters. The van der Waals surface area contributed by atoms with Gasteiger partial charge in [-0.15, -0.1) is 0 Å². The predicted molar refractivity (Wildman–Crippen MR) is 67.5 cm³/mol. The summed E-state index contributed by atoms with van der Waals surface area (Å²) < 4.78 is 13.9. The van der Waals surface area contributed by atoms with Crippen LogP contribution in [-0.2, 0) is 0 Å². The molecule has 0 saturated carbocycles. The van der Waals surface area contributed by atoms with Gasteiger partial charge in [-0.1, -0.05) is 31.6 Å². The quantitative estimate of drug-likeness (QED) is 0.874. The summed E-state index contributed by atoms with van der Waals surface area (Å²) in [5, 5.41) is 4.17. The van der Waals surface area contributed by atoms with Gasteiger partial charge < -0.3 is 5.32 Å². The Morgan fingerprint density at radius 3 is 3.06 bits per heavy atom. The van der Waals surface area contributed by atoms with Gasteiger partial charge in [0, 0.05) is 6.54 Å². The molecule has 0 amide bonds. The molecule has 2 nitrogen and oxygen atoms in total. The maximum Gasteiger partial charge on any atom is 0.183 e. The summed E-state index contributed by atoms with van der Waals surface area (Å²) in [6.07, 6.45) is 1.15. The maximum absolute atomic E-state index is 13.0. The fraction of sp³-hybridized carbons (Fsp3) is 0.417. The third-order valence-corrected chi connectivity index (χ3v) is 3.63. The van der Waals surface area contributed by atoms with Gasteiger partial charge in [-0.25, -0.2) is 9.37 Å². The Hall–Kier alpha value is -1.16. The highest BCUT2D eigenvalue weighted by Gasteiger charge is 2.05. The molecule has 0 aliphatic rings. The number of rotatable bonds is 4. The predicted octanol–water partition coefficient (Wildman–Crippen LogP) is 3.89. The van der Waals surface area contributed by atoms with E-state index in [0.717, 1.165) is 28.3 Å². The van der Waals surface area contributed by atoms with E-state index in [-0.39, 0.29) is 5.82 Å². The Morgan fingerprint density at radius 1 is 1.50 bits per heavy atom. The summed E-state index contributed by atoms with van der Waals surface area (Å²) in [4.78, 5) is 4.40. The van der Waals surface area contributed by atoms with Crippen molar-refractivity contribution in [1.29, 1.82) is 0 Å². The Balaban J connectivity index is 2.13. The molecular formula is C12H15FN2S. The zero-order valence-corrected chi connectivity index (χ0v) is 10.3. The highest BCUT2D eigenvalue weighted by molar-refractivity contribution is 7.22. The second kappa shape index (κ2) is 4.78. The van der Waals surface area contributed by atoms with Crippen LogP contribution in [0.3, 0.4) is 0 Å². The van der Waals surface area contributed by atoms with E-state index in [1.54, 1.807) is 6.07 Å². The van der Waals surface area contributed by atoms with Crippen molar-refractivity contribution in [2.24, 2.45) is 5.92 Å². The van der Waals surface area contributed by atoms with Gasteiger partial charge in [-0.05, 0) is 24.1 Å². The van der Waals surface area contributed by atoms with E-state index in [2.05, 4.69) is 24.1 Å². The standard InChI is InChI=1S/C12H15FN2S/c1-3-8(2)7-14-12-15-10-5-4-9(13)6-11(10)16-12/h4-6,8H,3,7H2,1-2H3,(H,14,15). The van der Waals surface area contributed by atoms with Crippen molar-refractivity contribution in [3.8, 4) is 0 Å². The third-order valence-electron chi connectivity index (χ3n) is 2.65. The molecule has 2 aromatic rings. The zero-order valence-electron chi connectivity index (χ0n) is 9.46. The van der Waals surface area contributed by atoms with Crippen molar-refractivity contribution in [3.63, 3.8) is 0 Å². The van der Waals surface area contributed by atoms with E-state index in [4.69, 9.17) is 0 Å². The summed E-state index contributed by atoms with van der Waals surface area (Å²) in [5.74, 6) is 0.424. The van der Waals surface area contributed by atoms with Crippen LogP contribution < -0.4 is 5.32 Å². The van der Waals surface area contributed by atoms with Crippen molar-refractivity contribution in [2.45, 2.75) is 20.3 Å². The molecule has 86 valence electrons. The van der Waals surface area contributed by atoms with Gasteiger partial charge in [-0.2, -0.15) is 0 Å². The van der Waals surface area contributed by atoms with Gasteiger partial charge in [0.15, 0.2) is 5.13 Å². The van der Waals surface area contributed by atoms with E-state index >= 15 is 0 Å². The average Bonchev–Trinajstić information content (AvgIpc) is 2.67. The minimum Gasteiger partial charge on any atom is -0.361 e. The van der Waals surface area contributed by atoms with Crippen LogP contribution in [0.4, 0.5) is 9.52 Å². The largest absolute Gasteiger partial charge is 0.361 e. The molecule has 0 bridgehead atoms. The second-order valence-electron chi connectivity index (χ2n) is 4.03. The van der Waals surface area contributed by atoms with Crippen LogP contribution in [0.5, 0.6) is 0 Å². The number of anilines is 1. The highest BCUT2D eigenvalue weighted by atomic mass is 32.1. The molecule has 1 heterocycles. The van der Waals surface area contributed by atoms with Crippen molar-refractivity contribution < 1.29 is 4.39 Å². The number of hydrogen-bond acceptors (Lipinski definition) is 3. The minimum atomic E-state index is -0.204. The lowest BCUT2D eigenvalue weighted by molar-refractivity contribution is 0.593. The van der Waals surface area contributed by atoms with Crippen LogP contribution in [0.15, 0.2) is 18.2 Å². The van der Waals surface area contributed by atoms with Gasteiger partial charge in [0.05, 0.1) is 10.2 Å². The topological polar surface area (TPSA) is 24.9 Å².